The minimum absolute atomic E-state index is 0. The van der Waals surface area contributed by atoms with Crippen LogP contribution in [0.5, 0.6) is 0 Å². The van der Waals surface area contributed by atoms with Gasteiger partial charge in [-0.15, -0.1) is 24.0 Å². The molecule has 1 saturated heterocycles. The van der Waals surface area contributed by atoms with Crippen LogP contribution < -0.4 is 10.6 Å². The van der Waals surface area contributed by atoms with Gasteiger partial charge >= 0.3 is 0 Å². The Bertz CT molecular complexity index is 476. The second kappa shape index (κ2) is 10.1. The summed E-state index contributed by atoms with van der Waals surface area (Å²) in [5.74, 6) is 1.69. The van der Waals surface area contributed by atoms with Gasteiger partial charge in [0.15, 0.2) is 15.8 Å². The zero-order chi connectivity index (χ0) is 16.0. The van der Waals surface area contributed by atoms with Gasteiger partial charge in [0.2, 0.25) is 0 Å². The lowest BCUT2D eigenvalue weighted by Gasteiger charge is -2.26. The molecule has 136 valence electrons. The zero-order valence-electron chi connectivity index (χ0n) is 14.4. The van der Waals surface area contributed by atoms with Crippen molar-refractivity contribution in [2.45, 2.75) is 70.9 Å². The lowest BCUT2D eigenvalue weighted by Crippen LogP contribution is -2.47. The molecular formula is C16H32IN3O2S. The van der Waals surface area contributed by atoms with Crippen molar-refractivity contribution in [3.05, 3.63) is 0 Å². The van der Waals surface area contributed by atoms with Gasteiger partial charge in [-0.2, -0.15) is 0 Å². The summed E-state index contributed by atoms with van der Waals surface area (Å²) in [5, 5.41) is 7.00. The first-order valence-electron chi connectivity index (χ1n) is 8.76. The highest BCUT2D eigenvalue weighted by Gasteiger charge is 2.27. The Hall–Kier alpha value is -0.0500. The van der Waals surface area contributed by atoms with E-state index in [-0.39, 0.29) is 29.9 Å². The molecule has 0 aromatic heterocycles. The van der Waals surface area contributed by atoms with E-state index in [0.717, 1.165) is 18.8 Å². The van der Waals surface area contributed by atoms with E-state index in [1.165, 1.54) is 32.1 Å². The molecule has 7 heteroatoms. The SMILES string of the molecule is CCC(C)NC(=NCC1CCS(=O)(=O)C1)NC1CCCCC1.I. The van der Waals surface area contributed by atoms with Gasteiger partial charge in [-0.05, 0) is 38.5 Å². The Labute approximate surface area is 158 Å². The number of guanidine groups is 1. The Morgan fingerprint density at radius 3 is 2.48 bits per heavy atom. The van der Waals surface area contributed by atoms with Gasteiger partial charge < -0.3 is 10.6 Å². The third kappa shape index (κ3) is 7.58. The molecule has 2 rings (SSSR count). The largest absolute Gasteiger partial charge is 0.354 e. The fourth-order valence-corrected chi connectivity index (χ4v) is 4.99. The molecule has 0 amide bonds. The van der Waals surface area contributed by atoms with Crippen molar-refractivity contribution >= 4 is 39.8 Å². The van der Waals surface area contributed by atoms with Crippen LogP contribution >= 0.6 is 24.0 Å². The Kier molecular flexibility index (Phi) is 9.18. The van der Waals surface area contributed by atoms with Crippen molar-refractivity contribution in [1.29, 1.82) is 0 Å². The first-order valence-corrected chi connectivity index (χ1v) is 10.6. The van der Waals surface area contributed by atoms with Crippen molar-refractivity contribution in [1.82, 2.24) is 10.6 Å². The van der Waals surface area contributed by atoms with E-state index in [1.807, 2.05) is 0 Å². The molecule has 2 N–H and O–H groups in total. The second-order valence-electron chi connectivity index (χ2n) is 6.89. The summed E-state index contributed by atoms with van der Waals surface area (Å²) >= 11 is 0. The van der Waals surface area contributed by atoms with E-state index in [4.69, 9.17) is 0 Å². The smallest absolute Gasteiger partial charge is 0.191 e. The highest BCUT2D eigenvalue weighted by molar-refractivity contribution is 14.0. The van der Waals surface area contributed by atoms with E-state index >= 15 is 0 Å². The fraction of sp³-hybridized carbons (Fsp3) is 0.938. The number of sulfone groups is 1. The molecule has 1 saturated carbocycles. The molecule has 1 heterocycles. The van der Waals surface area contributed by atoms with E-state index in [2.05, 4.69) is 29.5 Å². The average molecular weight is 457 g/mol. The summed E-state index contributed by atoms with van der Waals surface area (Å²) in [6.45, 7) is 4.91. The van der Waals surface area contributed by atoms with E-state index < -0.39 is 9.84 Å². The molecule has 1 aliphatic heterocycles. The fourth-order valence-electron chi connectivity index (χ4n) is 3.15. The highest BCUT2D eigenvalue weighted by atomic mass is 127. The van der Waals surface area contributed by atoms with Gasteiger partial charge in [0.25, 0.3) is 0 Å². The Morgan fingerprint density at radius 2 is 1.91 bits per heavy atom. The number of nitrogens with one attached hydrogen (secondary N) is 2. The normalized spacial score (nSPS) is 26.3. The predicted molar refractivity (Wildman–Crippen MR) is 107 cm³/mol. The molecule has 0 spiro atoms. The number of hydrogen-bond acceptors (Lipinski definition) is 3. The van der Waals surface area contributed by atoms with Crippen LogP contribution in [0.25, 0.3) is 0 Å². The van der Waals surface area contributed by atoms with Crippen molar-refractivity contribution in [2.24, 2.45) is 10.9 Å². The maximum absolute atomic E-state index is 11.5. The second-order valence-corrected chi connectivity index (χ2v) is 9.12. The van der Waals surface area contributed by atoms with Crippen molar-refractivity contribution in [2.75, 3.05) is 18.1 Å². The lowest BCUT2D eigenvalue weighted by molar-refractivity contribution is 0.407. The topological polar surface area (TPSA) is 70.6 Å². The zero-order valence-corrected chi connectivity index (χ0v) is 17.5. The molecule has 5 nitrogen and oxygen atoms in total. The Morgan fingerprint density at radius 1 is 1.22 bits per heavy atom. The maximum Gasteiger partial charge on any atom is 0.191 e. The first kappa shape index (κ1) is 21.0. The van der Waals surface area contributed by atoms with E-state index in [0.29, 0.717) is 30.1 Å². The molecule has 2 atom stereocenters. The predicted octanol–water partition coefficient (Wildman–Crippen LogP) is 2.71. The molecule has 0 aromatic carbocycles. The lowest BCUT2D eigenvalue weighted by atomic mass is 9.96. The van der Waals surface area contributed by atoms with Crippen LogP contribution in [0.4, 0.5) is 0 Å². The number of nitrogens with zero attached hydrogens (tertiary/aromatic N) is 1. The minimum Gasteiger partial charge on any atom is -0.354 e. The van der Waals surface area contributed by atoms with Crippen LogP contribution in [0.1, 0.15) is 58.8 Å². The van der Waals surface area contributed by atoms with E-state index in [1.54, 1.807) is 0 Å². The standard InChI is InChI=1S/C16H31N3O2S.HI/c1-3-13(2)18-16(19-15-7-5-4-6-8-15)17-11-14-9-10-22(20,21)12-14;/h13-15H,3-12H2,1-2H3,(H2,17,18,19);1H. The number of rotatable bonds is 5. The Balaban J connectivity index is 0.00000264. The molecular weight excluding hydrogens is 425 g/mol. The van der Waals surface area contributed by atoms with E-state index in [9.17, 15) is 8.42 Å². The van der Waals surface area contributed by atoms with Gasteiger partial charge in [0, 0.05) is 18.6 Å². The molecule has 0 aromatic rings. The summed E-state index contributed by atoms with van der Waals surface area (Å²) in [6, 6.07) is 0.888. The molecule has 2 unspecified atom stereocenters. The van der Waals surface area contributed by atoms with Gasteiger partial charge in [-0.3, -0.25) is 4.99 Å². The van der Waals surface area contributed by atoms with Crippen LogP contribution in [-0.4, -0.2) is 44.5 Å². The highest BCUT2D eigenvalue weighted by Crippen LogP contribution is 2.19. The maximum atomic E-state index is 11.5. The van der Waals surface area contributed by atoms with Crippen LogP contribution in [0.3, 0.4) is 0 Å². The van der Waals surface area contributed by atoms with Crippen LogP contribution in [0, 0.1) is 5.92 Å². The summed E-state index contributed by atoms with van der Waals surface area (Å²) in [4.78, 5) is 4.68. The minimum atomic E-state index is -2.81. The van der Waals surface area contributed by atoms with Crippen LogP contribution in [-0.2, 0) is 9.84 Å². The molecule has 2 aliphatic rings. The van der Waals surface area contributed by atoms with Gasteiger partial charge in [-0.1, -0.05) is 26.2 Å². The summed E-state index contributed by atoms with van der Waals surface area (Å²) in [6.07, 6.45) is 8.13. The first-order chi connectivity index (χ1) is 10.5. The molecule has 2 fully saturated rings. The van der Waals surface area contributed by atoms with Crippen molar-refractivity contribution in [3.63, 3.8) is 0 Å². The number of halogens is 1. The summed E-state index contributed by atoms with van der Waals surface area (Å²) in [7, 11) is -2.81. The molecule has 1 aliphatic carbocycles. The number of aliphatic imine (C=N–C) groups is 1. The summed E-state index contributed by atoms with van der Waals surface area (Å²) < 4.78 is 23.1. The van der Waals surface area contributed by atoms with Gasteiger partial charge in [0.05, 0.1) is 11.5 Å². The number of hydrogen-bond donors (Lipinski definition) is 2. The average Bonchev–Trinajstić information content (AvgIpc) is 2.85. The molecule has 0 radical (unpaired) electrons. The molecule has 23 heavy (non-hydrogen) atoms. The third-order valence-electron chi connectivity index (χ3n) is 4.78. The van der Waals surface area contributed by atoms with Crippen molar-refractivity contribution < 1.29 is 8.42 Å². The monoisotopic (exact) mass is 457 g/mol. The van der Waals surface area contributed by atoms with Crippen LogP contribution in [0.15, 0.2) is 4.99 Å². The van der Waals surface area contributed by atoms with Gasteiger partial charge in [0.1, 0.15) is 0 Å². The van der Waals surface area contributed by atoms with Gasteiger partial charge in [-0.25, -0.2) is 8.42 Å². The van der Waals surface area contributed by atoms with Crippen LogP contribution in [0.2, 0.25) is 0 Å². The third-order valence-corrected chi connectivity index (χ3v) is 6.61. The van der Waals surface area contributed by atoms with Crippen molar-refractivity contribution in [3.8, 4) is 0 Å². The quantitative estimate of drug-likeness (QED) is 0.379. The summed E-state index contributed by atoms with van der Waals surface area (Å²) in [5.41, 5.74) is 0. The molecule has 0 bridgehead atoms.